The second kappa shape index (κ2) is 5.15. The first-order valence-corrected chi connectivity index (χ1v) is 7.89. The molecule has 0 bridgehead atoms. The van der Waals surface area contributed by atoms with Gasteiger partial charge in [0.2, 0.25) is 0 Å². The molecule has 0 aliphatic heterocycles. The fourth-order valence-corrected chi connectivity index (χ4v) is 2.52. The van der Waals surface area contributed by atoms with Gasteiger partial charge < -0.3 is 5.73 Å². The van der Waals surface area contributed by atoms with E-state index in [1.54, 1.807) is 24.3 Å². The molecule has 1 unspecified atom stereocenters. The van der Waals surface area contributed by atoms with E-state index in [0.29, 0.717) is 4.90 Å². The molecule has 3 nitrogen and oxygen atoms in total. The minimum Gasteiger partial charge on any atom is -0.320 e. The van der Waals surface area contributed by atoms with E-state index < -0.39 is 9.84 Å². The van der Waals surface area contributed by atoms with Crippen LogP contribution in [0.15, 0.2) is 53.4 Å². The highest BCUT2D eigenvalue weighted by atomic mass is 32.2. The molecule has 1 atom stereocenters. The third kappa shape index (κ3) is 3.22. The molecule has 2 aromatic carbocycles. The van der Waals surface area contributed by atoms with Crippen LogP contribution < -0.4 is 5.73 Å². The minimum absolute atomic E-state index is 0.241. The fourth-order valence-electron chi connectivity index (χ4n) is 1.89. The highest BCUT2D eigenvalue weighted by Crippen LogP contribution is 2.21. The second-order valence-corrected chi connectivity index (χ2v) is 6.75. The normalized spacial score (nSPS) is 13.2. The van der Waals surface area contributed by atoms with Gasteiger partial charge in [-0.1, -0.05) is 42.0 Å². The first-order chi connectivity index (χ1) is 8.88. The lowest BCUT2D eigenvalue weighted by Gasteiger charge is -2.13. The summed E-state index contributed by atoms with van der Waals surface area (Å²) in [6.45, 7) is 2.02. The van der Waals surface area contributed by atoms with Gasteiger partial charge in [0.15, 0.2) is 9.84 Å². The van der Waals surface area contributed by atoms with Crippen LogP contribution in [0.2, 0.25) is 0 Å². The average Bonchev–Trinajstić information content (AvgIpc) is 2.38. The molecule has 100 valence electrons. The van der Waals surface area contributed by atoms with Crippen LogP contribution >= 0.6 is 0 Å². The molecule has 0 saturated heterocycles. The summed E-state index contributed by atoms with van der Waals surface area (Å²) in [6.07, 6.45) is 1.20. The standard InChI is InChI=1S/C15H17NO2S/c1-11-3-5-12(6-4-11)15(16)13-7-9-14(10-8-13)19(2,17)18/h3-10,15H,16H2,1-2H3. The summed E-state index contributed by atoms with van der Waals surface area (Å²) < 4.78 is 22.8. The summed E-state index contributed by atoms with van der Waals surface area (Å²) in [5.74, 6) is 0. The summed E-state index contributed by atoms with van der Waals surface area (Å²) in [4.78, 5) is 0.312. The molecule has 2 N–H and O–H groups in total. The van der Waals surface area contributed by atoms with Gasteiger partial charge in [-0.05, 0) is 30.2 Å². The van der Waals surface area contributed by atoms with Gasteiger partial charge in [0.05, 0.1) is 10.9 Å². The number of benzene rings is 2. The fraction of sp³-hybridized carbons (Fsp3) is 0.200. The van der Waals surface area contributed by atoms with Crippen molar-refractivity contribution in [1.82, 2.24) is 0 Å². The van der Waals surface area contributed by atoms with Crippen molar-refractivity contribution in [1.29, 1.82) is 0 Å². The van der Waals surface area contributed by atoms with Gasteiger partial charge in [0.1, 0.15) is 0 Å². The molecule has 0 heterocycles. The third-order valence-corrected chi connectivity index (χ3v) is 4.23. The molecule has 0 saturated carbocycles. The summed E-state index contributed by atoms with van der Waals surface area (Å²) in [5.41, 5.74) is 9.27. The molecule has 0 aliphatic rings. The van der Waals surface area contributed by atoms with Gasteiger partial charge in [-0.2, -0.15) is 0 Å². The maximum Gasteiger partial charge on any atom is 0.175 e. The maximum absolute atomic E-state index is 11.4. The Bertz CT molecular complexity index is 658. The van der Waals surface area contributed by atoms with Crippen molar-refractivity contribution in [2.45, 2.75) is 17.9 Å². The van der Waals surface area contributed by atoms with Crippen molar-refractivity contribution in [3.63, 3.8) is 0 Å². The van der Waals surface area contributed by atoms with Gasteiger partial charge in [-0.3, -0.25) is 0 Å². The van der Waals surface area contributed by atoms with Crippen LogP contribution in [0.5, 0.6) is 0 Å². The predicted molar refractivity (Wildman–Crippen MR) is 76.8 cm³/mol. The van der Waals surface area contributed by atoms with E-state index in [4.69, 9.17) is 5.73 Å². The van der Waals surface area contributed by atoms with Crippen molar-refractivity contribution in [2.24, 2.45) is 5.73 Å². The van der Waals surface area contributed by atoms with E-state index >= 15 is 0 Å². The SMILES string of the molecule is Cc1ccc(C(N)c2ccc(S(C)(=O)=O)cc2)cc1. The van der Waals surface area contributed by atoms with Gasteiger partial charge >= 0.3 is 0 Å². The van der Waals surface area contributed by atoms with Crippen LogP contribution in [0, 0.1) is 6.92 Å². The number of nitrogens with two attached hydrogens (primary N) is 1. The van der Waals surface area contributed by atoms with Crippen LogP contribution in [0.1, 0.15) is 22.7 Å². The van der Waals surface area contributed by atoms with Crippen molar-refractivity contribution in [2.75, 3.05) is 6.26 Å². The highest BCUT2D eigenvalue weighted by Gasteiger charge is 2.11. The molecule has 2 aromatic rings. The van der Waals surface area contributed by atoms with E-state index in [1.165, 1.54) is 11.8 Å². The Morgan fingerprint density at radius 3 is 1.74 bits per heavy atom. The van der Waals surface area contributed by atoms with E-state index in [9.17, 15) is 8.42 Å². The Hall–Kier alpha value is -1.65. The van der Waals surface area contributed by atoms with Crippen LogP contribution in [-0.2, 0) is 9.84 Å². The molecule has 0 fully saturated rings. The first-order valence-electron chi connectivity index (χ1n) is 6.00. The number of aryl methyl sites for hydroxylation is 1. The van der Waals surface area contributed by atoms with Gasteiger partial charge in [-0.15, -0.1) is 0 Å². The first kappa shape index (κ1) is 13.8. The van der Waals surface area contributed by atoms with Crippen molar-refractivity contribution >= 4 is 9.84 Å². The Morgan fingerprint density at radius 2 is 1.32 bits per heavy atom. The molecule has 0 radical (unpaired) electrons. The lowest BCUT2D eigenvalue weighted by molar-refractivity contribution is 0.602. The predicted octanol–water partition coefficient (Wildman–Crippen LogP) is 2.45. The molecular weight excluding hydrogens is 258 g/mol. The third-order valence-electron chi connectivity index (χ3n) is 3.10. The largest absolute Gasteiger partial charge is 0.320 e. The van der Waals surface area contributed by atoms with Gasteiger partial charge in [0, 0.05) is 6.26 Å². The molecular formula is C15H17NO2S. The summed E-state index contributed by atoms with van der Waals surface area (Å²) in [5, 5.41) is 0. The smallest absolute Gasteiger partial charge is 0.175 e. The lowest BCUT2D eigenvalue weighted by Crippen LogP contribution is -2.12. The molecule has 2 rings (SSSR count). The lowest BCUT2D eigenvalue weighted by atomic mass is 9.99. The van der Waals surface area contributed by atoms with E-state index in [0.717, 1.165) is 11.1 Å². The van der Waals surface area contributed by atoms with Crippen molar-refractivity contribution < 1.29 is 8.42 Å². The average molecular weight is 275 g/mol. The Balaban J connectivity index is 2.30. The zero-order valence-electron chi connectivity index (χ0n) is 11.0. The molecule has 0 spiro atoms. The van der Waals surface area contributed by atoms with Crippen LogP contribution in [0.25, 0.3) is 0 Å². The number of hydrogen-bond acceptors (Lipinski definition) is 3. The topological polar surface area (TPSA) is 60.2 Å². The van der Waals surface area contributed by atoms with Gasteiger partial charge in [0.25, 0.3) is 0 Å². The molecule has 0 amide bonds. The van der Waals surface area contributed by atoms with E-state index in [2.05, 4.69) is 0 Å². The van der Waals surface area contributed by atoms with Gasteiger partial charge in [-0.25, -0.2) is 8.42 Å². The number of hydrogen-bond donors (Lipinski definition) is 1. The Labute approximate surface area is 114 Å². The maximum atomic E-state index is 11.4. The summed E-state index contributed by atoms with van der Waals surface area (Å²) in [6, 6.07) is 14.5. The molecule has 4 heteroatoms. The summed E-state index contributed by atoms with van der Waals surface area (Å²) >= 11 is 0. The zero-order chi connectivity index (χ0) is 14.0. The van der Waals surface area contributed by atoms with Crippen molar-refractivity contribution in [3.05, 3.63) is 65.2 Å². The Morgan fingerprint density at radius 1 is 0.895 bits per heavy atom. The Kier molecular flexibility index (Phi) is 3.73. The van der Waals surface area contributed by atoms with Crippen LogP contribution in [0.4, 0.5) is 0 Å². The van der Waals surface area contributed by atoms with E-state index in [1.807, 2.05) is 31.2 Å². The summed E-state index contributed by atoms with van der Waals surface area (Å²) in [7, 11) is -3.16. The molecule has 19 heavy (non-hydrogen) atoms. The van der Waals surface area contributed by atoms with Crippen LogP contribution in [0.3, 0.4) is 0 Å². The number of rotatable bonds is 3. The zero-order valence-corrected chi connectivity index (χ0v) is 11.8. The second-order valence-electron chi connectivity index (χ2n) is 4.73. The highest BCUT2D eigenvalue weighted by molar-refractivity contribution is 7.90. The van der Waals surface area contributed by atoms with Crippen LogP contribution in [-0.4, -0.2) is 14.7 Å². The van der Waals surface area contributed by atoms with Crippen molar-refractivity contribution in [3.8, 4) is 0 Å². The monoisotopic (exact) mass is 275 g/mol. The quantitative estimate of drug-likeness (QED) is 0.936. The number of sulfone groups is 1. The van der Waals surface area contributed by atoms with E-state index in [-0.39, 0.29) is 6.04 Å². The minimum atomic E-state index is -3.16. The molecule has 0 aromatic heterocycles. The molecule has 0 aliphatic carbocycles.